The molecule has 2 rings (SSSR count). The molecule has 0 aromatic heterocycles. The first-order chi connectivity index (χ1) is 9.79. The Balaban J connectivity index is 2.40. The highest BCUT2D eigenvalue weighted by molar-refractivity contribution is 7.90. The maximum Gasteiger partial charge on any atom is 0.338 e. The topological polar surface area (TPSA) is 71.4 Å². The van der Waals surface area contributed by atoms with E-state index in [2.05, 4.69) is 0 Å². The lowest BCUT2D eigenvalue weighted by atomic mass is 10.2. The summed E-state index contributed by atoms with van der Waals surface area (Å²) >= 11 is 5.79. The van der Waals surface area contributed by atoms with E-state index in [4.69, 9.17) is 16.7 Å². The van der Waals surface area contributed by atoms with Gasteiger partial charge in [0.25, 0.3) is 0 Å². The summed E-state index contributed by atoms with van der Waals surface area (Å²) in [5, 5.41) is 9.23. The Morgan fingerprint density at radius 2 is 1.90 bits per heavy atom. The molecular formula is C14H10ClFO4S. The highest BCUT2D eigenvalue weighted by Crippen LogP contribution is 2.21. The van der Waals surface area contributed by atoms with Gasteiger partial charge in [0.15, 0.2) is 9.84 Å². The van der Waals surface area contributed by atoms with Crippen molar-refractivity contribution in [3.8, 4) is 0 Å². The van der Waals surface area contributed by atoms with Gasteiger partial charge in [-0.3, -0.25) is 0 Å². The fraction of sp³-hybridized carbons (Fsp3) is 0.0714. The minimum atomic E-state index is -3.79. The predicted molar refractivity (Wildman–Crippen MR) is 75.7 cm³/mol. The summed E-state index contributed by atoms with van der Waals surface area (Å²) in [4.78, 5) is 10.6. The van der Waals surface area contributed by atoms with Crippen LogP contribution in [0.15, 0.2) is 47.4 Å². The second kappa shape index (κ2) is 5.83. The SMILES string of the molecule is O=C(O)c1cc(S(=O)(=O)Cc2cccc(Cl)c2)ccc1F. The van der Waals surface area contributed by atoms with Gasteiger partial charge in [-0.05, 0) is 35.9 Å². The van der Waals surface area contributed by atoms with Crippen molar-refractivity contribution in [1.29, 1.82) is 0 Å². The van der Waals surface area contributed by atoms with Crippen LogP contribution in [0.25, 0.3) is 0 Å². The Morgan fingerprint density at radius 1 is 1.19 bits per heavy atom. The number of benzene rings is 2. The zero-order valence-corrected chi connectivity index (χ0v) is 12.2. The molecule has 0 saturated heterocycles. The van der Waals surface area contributed by atoms with Gasteiger partial charge < -0.3 is 5.11 Å². The van der Waals surface area contributed by atoms with Gasteiger partial charge in [0.2, 0.25) is 0 Å². The van der Waals surface area contributed by atoms with E-state index in [0.29, 0.717) is 10.6 Å². The molecule has 0 amide bonds. The molecule has 0 unspecified atom stereocenters. The number of hydrogen-bond donors (Lipinski definition) is 1. The molecule has 2 aromatic rings. The lowest BCUT2D eigenvalue weighted by Gasteiger charge is -2.06. The molecule has 0 aliphatic rings. The predicted octanol–water partition coefficient (Wildman–Crippen LogP) is 3.15. The summed E-state index contributed by atoms with van der Waals surface area (Å²) in [5.41, 5.74) is -0.217. The van der Waals surface area contributed by atoms with Crippen molar-refractivity contribution >= 4 is 27.4 Å². The fourth-order valence-electron chi connectivity index (χ4n) is 1.79. The van der Waals surface area contributed by atoms with Crippen LogP contribution in [0.4, 0.5) is 4.39 Å². The molecule has 0 bridgehead atoms. The van der Waals surface area contributed by atoms with Crippen LogP contribution in [-0.2, 0) is 15.6 Å². The van der Waals surface area contributed by atoms with Crippen molar-refractivity contribution in [3.63, 3.8) is 0 Å². The molecule has 0 aliphatic carbocycles. The highest BCUT2D eigenvalue weighted by atomic mass is 35.5. The van der Waals surface area contributed by atoms with Crippen LogP contribution < -0.4 is 0 Å². The summed E-state index contributed by atoms with van der Waals surface area (Å²) in [6.45, 7) is 0. The van der Waals surface area contributed by atoms with Crippen LogP contribution in [0.1, 0.15) is 15.9 Å². The molecule has 0 fully saturated rings. The van der Waals surface area contributed by atoms with Crippen molar-refractivity contribution < 1.29 is 22.7 Å². The lowest BCUT2D eigenvalue weighted by Crippen LogP contribution is -2.08. The molecule has 110 valence electrons. The van der Waals surface area contributed by atoms with Crippen molar-refractivity contribution in [2.75, 3.05) is 0 Å². The number of sulfone groups is 1. The molecule has 0 spiro atoms. The van der Waals surface area contributed by atoms with Crippen molar-refractivity contribution in [2.24, 2.45) is 0 Å². The van der Waals surface area contributed by atoms with E-state index < -0.39 is 27.2 Å². The van der Waals surface area contributed by atoms with E-state index in [1.165, 1.54) is 6.07 Å². The van der Waals surface area contributed by atoms with Crippen LogP contribution >= 0.6 is 11.6 Å². The van der Waals surface area contributed by atoms with Crippen LogP contribution in [0.5, 0.6) is 0 Å². The van der Waals surface area contributed by atoms with Gasteiger partial charge in [0.1, 0.15) is 5.82 Å². The van der Waals surface area contributed by atoms with Gasteiger partial charge in [-0.25, -0.2) is 17.6 Å². The van der Waals surface area contributed by atoms with E-state index >= 15 is 0 Å². The van der Waals surface area contributed by atoms with Gasteiger partial charge in [-0.15, -0.1) is 0 Å². The molecule has 21 heavy (non-hydrogen) atoms. The van der Waals surface area contributed by atoms with Gasteiger partial charge in [0.05, 0.1) is 16.2 Å². The maximum absolute atomic E-state index is 13.3. The Kier molecular flexibility index (Phi) is 4.29. The number of halogens is 2. The summed E-state index contributed by atoms with van der Waals surface area (Å²) in [6.07, 6.45) is 0. The Labute approximate surface area is 125 Å². The summed E-state index contributed by atoms with van der Waals surface area (Å²) in [7, 11) is -3.79. The minimum absolute atomic E-state index is 0.249. The number of carbonyl (C=O) groups is 1. The van der Waals surface area contributed by atoms with Gasteiger partial charge in [-0.1, -0.05) is 23.7 Å². The zero-order chi connectivity index (χ0) is 15.6. The van der Waals surface area contributed by atoms with Crippen LogP contribution in [0.2, 0.25) is 5.02 Å². The van der Waals surface area contributed by atoms with Crippen molar-refractivity contribution in [2.45, 2.75) is 10.6 Å². The third-order valence-corrected chi connectivity index (χ3v) is 4.69. The van der Waals surface area contributed by atoms with Crippen LogP contribution in [0, 0.1) is 5.82 Å². The molecule has 0 aliphatic heterocycles. The summed E-state index contributed by atoms with van der Waals surface area (Å²) < 4.78 is 37.8. The highest BCUT2D eigenvalue weighted by Gasteiger charge is 2.19. The maximum atomic E-state index is 13.3. The van der Waals surface area contributed by atoms with Crippen molar-refractivity contribution in [1.82, 2.24) is 0 Å². The Morgan fingerprint density at radius 3 is 2.52 bits per heavy atom. The standard InChI is InChI=1S/C14H10ClFO4S/c15-10-3-1-2-9(6-10)8-21(19,20)11-4-5-13(16)12(7-11)14(17)18/h1-7H,8H2,(H,17,18). The molecule has 4 nitrogen and oxygen atoms in total. The molecular weight excluding hydrogens is 319 g/mol. The van der Waals surface area contributed by atoms with E-state index in [1.807, 2.05) is 0 Å². The summed E-state index contributed by atoms with van der Waals surface area (Å²) in [5.74, 6) is -2.85. The number of rotatable bonds is 4. The second-order valence-corrected chi connectivity index (χ2v) is 6.76. The largest absolute Gasteiger partial charge is 0.478 e. The lowest BCUT2D eigenvalue weighted by molar-refractivity contribution is 0.0691. The van der Waals surface area contributed by atoms with Crippen molar-refractivity contribution in [3.05, 3.63) is 64.4 Å². The molecule has 2 aromatic carbocycles. The molecule has 0 saturated carbocycles. The molecule has 1 N–H and O–H groups in total. The first-order valence-corrected chi connectivity index (χ1v) is 7.83. The average molecular weight is 329 g/mol. The Hall–Kier alpha value is -1.92. The quantitative estimate of drug-likeness (QED) is 0.875. The molecule has 0 heterocycles. The van der Waals surface area contributed by atoms with Crippen LogP contribution in [0.3, 0.4) is 0 Å². The number of carboxylic acids is 1. The molecule has 0 atom stereocenters. The Bertz CT molecular complexity index is 802. The molecule has 0 radical (unpaired) electrons. The average Bonchev–Trinajstić information content (AvgIpc) is 2.38. The van der Waals surface area contributed by atoms with E-state index in [0.717, 1.165) is 18.2 Å². The monoisotopic (exact) mass is 328 g/mol. The summed E-state index contributed by atoms with van der Waals surface area (Å²) in [6, 6.07) is 9.00. The number of hydrogen-bond acceptors (Lipinski definition) is 3. The zero-order valence-electron chi connectivity index (χ0n) is 10.6. The van der Waals surface area contributed by atoms with E-state index in [-0.39, 0.29) is 10.6 Å². The smallest absolute Gasteiger partial charge is 0.338 e. The van der Waals surface area contributed by atoms with E-state index in [1.54, 1.807) is 18.2 Å². The third kappa shape index (κ3) is 3.59. The van der Waals surface area contributed by atoms with E-state index in [9.17, 15) is 17.6 Å². The van der Waals surface area contributed by atoms with Gasteiger partial charge >= 0.3 is 5.97 Å². The number of carboxylic acid groups (broad SMARTS) is 1. The fourth-order valence-corrected chi connectivity index (χ4v) is 3.36. The first kappa shape index (κ1) is 15.5. The minimum Gasteiger partial charge on any atom is -0.478 e. The normalized spacial score (nSPS) is 11.3. The third-order valence-electron chi connectivity index (χ3n) is 2.77. The number of aromatic carboxylic acids is 1. The molecule has 7 heteroatoms. The van der Waals surface area contributed by atoms with Crippen LogP contribution in [-0.4, -0.2) is 19.5 Å². The second-order valence-electron chi connectivity index (χ2n) is 4.34. The van der Waals surface area contributed by atoms with Gasteiger partial charge in [-0.2, -0.15) is 0 Å². The van der Waals surface area contributed by atoms with Gasteiger partial charge in [0, 0.05) is 5.02 Å². The first-order valence-electron chi connectivity index (χ1n) is 5.79.